The van der Waals surface area contributed by atoms with E-state index in [1.54, 1.807) is 23.1 Å². The summed E-state index contributed by atoms with van der Waals surface area (Å²) >= 11 is 0. The zero-order chi connectivity index (χ0) is 21.9. The Morgan fingerprint density at radius 2 is 1.75 bits per heavy atom. The molecule has 2 heterocycles. The number of hydrogen-bond acceptors (Lipinski definition) is 4. The number of benzene rings is 2. The van der Waals surface area contributed by atoms with E-state index in [-0.39, 0.29) is 11.5 Å². The van der Waals surface area contributed by atoms with E-state index in [2.05, 4.69) is 10.1 Å². The van der Waals surface area contributed by atoms with Gasteiger partial charge in [-0.15, -0.1) is 0 Å². The summed E-state index contributed by atoms with van der Waals surface area (Å²) in [6, 6.07) is 16.2. The summed E-state index contributed by atoms with van der Waals surface area (Å²) in [5.74, 6) is 0.456. The first kappa shape index (κ1) is 20.7. The molecule has 6 heteroatoms. The van der Waals surface area contributed by atoms with Crippen molar-refractivity contribution in [3.8, 4) is 11.3 Å². The van der Waals surface area contributed by atoms with Crippen LogP contribution in [-0.4, -0.2) is 35.6 Å². The van der Waals surface area contributed by atoms with E-state index in [4.69, 9.17) is 4.52 Å². The Labute approximate surface area is 187 Å². The third-order valence-electron chi connectivity index (χ3n) is 6.37. The van der Waals surface area contributed by atoms with Gasteiger partial charge in [-0.3, -0.25) is 4.79 Å². The monoisotopic (exact) mass is 433 g/mol. The average molecular weight is 434 g/mol. The Balaban J connectivity index is 1.52. The number of aromatic nitrogens is 1. The predicted molar refractivity (Wildman–Crippen MR) is 122 cm³/mol. The van der Waals surface area contributed by atoms with Crippen LogP contribution in [0.25, 0.3) is 11.3 Å². The van der Waals surface area contributed by atoms with Crippen LogP contribution in [0.2, 0.25) is 0 Å². The SMILES string of the molecule is O=C(c1ccccc1F)N(Cc1c(-c2ccccc2)noc1N1CCCCC1)CC1CC1. The molecule has 1 saturated heterocycles. The highest BCUT2D eigenvalue weighted by atomic mass is 19.1. The van der Waals surface area contributed by atoms with E-state index >= 15 is 0 Å². The Morgan fingerprint density at radius 1 is 1.03 bits per heavy atom. The second-order valence-electron chi connectivity index (χ2n) is 8.84. The summed E-state index contributed by atoms with van der Waals surface area (Å²) < 4.78 is 20.3. The van der Waals surface area contributed by atoms with Gasteiger partial charge in [-0.05, 0) is 50.2 Å². The van der Waals surface area contributed by atoms with Crippen molar-refractivity contribution in [2.45, 2.75) is 38.6 Å². The van der Waals surface area contributed by atoms with Crippen molar-refractivity contribution in [2.75, 3.05) is 24.5 Å². The molecule has 2 fully saturated rings. The zero-order valence-corrected chi connectivity index (χ0v) is 18.2. The minimum atomic E-state index is -0.483. The van der Waals surface area contributed by atoms with Gasteiger partial charge in [-0.25, -0.2) is 4.39 Å². The van der Waals surface area contributed by atoms with E-state index in [9.17, 15) is 9.18 Å². The van der Waals surface area contributed by atoms with E-state index in [1.165, 1.54) is 12.5 Å². The molecule has 1 aliphatic heterocycles. The molecule has 0 atom stereocenters. The van der Waals surface area contributed by atoms with Gasteiger partial charge in [0, 0.05) is 25.2 Å². The van der Waals surface area contributed by atoms with Gasteiger partial charge in [0.15, 0.2) is 0 Å². The highest BCUT2D eigenvalue weighted by molar-refractivity contribution is 5.94. The quantitative estimate of drug-likeness (QED) is 0.492. The summed E-state index contributed by atoms with van der Waals surface area (Å²) in [6.45, 7) is 2.80. The number of anilines is 1. The van der Waals surface area contributed by atoms with Gasteiger partial charge in [0.1, 0.15) is 11.5 Å². The summed E-state index contributed by atoms with van der Waals surface area (Å²) in [5.41, 5.74) is 2.74. The number of piperidine rings is 1. The van der Waals surface area contributed by atoms with Crippen molar-refractivity contribution in [3.63, 3.8) is 0 Å². The third kappa shape index (κ3) is 4.40. The summed E-state index contributed by atoms with van der Waals surface area (Å²) in [4.78, 5) is 17.4. The summed E-state index contributed by atoms with van der Waals surface area (Å²) in [5, 5.41) is 4.43. The average Bonchev–Trinajstić information content (AvgIpc) is 3.56. The van der Waals surface area contributed by atoms with Gasteiger partial charge in [0.25, 0.3) is 5.91 Å². The van der Waals surface area contributed by atoms with Crippen LogP contribution >= 0.6 is 0 Å². The van der Waals surface area contributed by atoms with E-state index < -0.39 is 5.82 Å². The molecular formula is C26H28FN3O2. The lowest BCUT2D eigenvalue weighted by molar-refractivity contribution is 0.0730. The molecule has 2 aliphatic rings. The molecule has 0 spiro atoms. The molecule has 0 N–H and O–H groups in total. The number of rotatable bonds is 7. The van der Waals surface area contributed by atoms with Crippen LogP contribution in [-0.2, 0) is 6.54 Å². The standard InChI is InChI=1S/C26H28FN3O2/c27-23-12-6-5-11-21(23)25(31)30(17-19-13-14-19)18-22-24(20-9-3-1-4-10-20)28-32-26(22)29-15-7-2-8-16-29/h1,3-6,9-12,19H,2,7-8,13-18H2. The molecule has 0 unspecified atom stereocenters. The van der Waals surface area contributed by atoms with E-state index in [1.807, 2.05) is 30.3 Å². The number of nitrogens with zero attached hydrogens (tertiary/aromatic N) is 3. The van der Waals surface area contributed by atoms with Crippen LogP contribution in [0.4, 0.5) is 10.3 Å². The van der Waals surface area contributed by atoms with Crippen molar-refractivity contribution >= 4 is 11.8 Å². The fourth-order valence-corrected chi connectivity index (χ4v) is 4.44. The Kier molecular flexibility index (Phi) is 5.93. The molecule has 1 aliphatic carbocycles. The second kappa shape index (κ2) is 9.15. The van der Waals surface area contributed by atoms with Crippen molar-refractivity contribution in [1.29, 1.82) is 0 Å². The second-order valence-corrected chi connectivity index (χ2v) is 8.84. The third-order valence-corrected chi connectivity index (χ3v) is 6.37. The topological polar surface area (TPSA) is 49.6 Å². The van der Waals surface area contributed by atoms with Gasteiger partial charge in [-0.1, -0.05) is 47.6 Å². The van der Waals surface area contributed by atoms with Gasteiger partial charge in [0.2, 0.25) is 5.88 Å². The van der Waals surface area contributed by atoms with E-state index in [0.29, 0.717) is 19.0 Å². The van der Waals surface area contributed by atoms with Crippen molar-refractivity contribution in [2.24, 2.45) is 5.92 Å². The number of carbonyl (C=O) groups excluding carboxylic acids is 1. The first-order valence-electron chi connectivity index (χ1n) is 11.5. The number of carbonyl (C=O) groups is 1. The summed E-state index contributed by atoms with van der Waals surface area (Å²) in [6.07, 6.45) is 5.65. The molecule has 5 rings (SSSR count). The van der Waals surface area contributed by atoms with Crippen molar-refractivity contribution in [1.82, 2.24) is 10.1 Å². The van der Waals surface area contributed by atoms with Gasteiger partial charge in [0.05, 0.1) is 17.7 Å². The molecule has 1 amide bonds. The summed E-state index contributed by atoms with van der Waals surface area (Å²) in [7, 11) is 0. The Morgan fingerprint density at radius 3 is 2.47 bits per heavy atom. The normalized spacial score (nSPS) is 16.2. The first-order valence-corrected chi connectivity index (χ1v) is 11.5. The number of halogens is 1. The zero-order valence-electron chi connectivity index (χ0n) is 18.2. The maximum absolute atomic E-state index is 14.5. The molecule has 1 aromatic heterocycles. The van der Waals surface area contributed by atoms with Crippen molar-refractivity contribution in [3.05, 3.63) is 71.5 Å². The molecule has 3 aromatic rings. The molecule has 0 radical (unpaired) electrons. The molecular weight excluding hydrogens is 405 g/mol. The minimum Gasteiger partial charge on any atom is -0.340 e. The Hall–Kier alpha value is -3.15. The number of hydrogen-bond donors (Lipinski definition) is 0. The molecule has 0 bridgehead atoms. The first-order chi connectivity index (χ1) is 15.7. The molecule has 1 saturated carbocycles. The maximum atomic E-state index is 14.5. The highest BCUT2D eigenvalue weighted by Gasteiger charge is 2.32. The van der Waals surface area contributed by atoms with Gasteiger partial charge >= 0.3 is 0 Å². The maximum Gasteiger partial charge on any atom is 0.257 e. The molecule has 166 valence electrons. The van der Waals surface area contributed by atoms with E-state index in [0.717, 1.165) is 61.5 Å². The lowest BCUT2D eigenvalue weighted by Crippen LogP contribution is -2.35. The van der Waals surface area contributed by atoms with Crippen LogP contribution in [0.15, 0.2) is 59.1 Å². The highest BCUT2D eigenvalue weighted by Crippen LogP contribution is 2.36. The lowest BCUT2D eigenvalue weighted by atomic mass is 10.0. The Bertz CT molecular complexity index is 1070. The van der Waals surface area contributed by atoms with Crippen LogP contribution in [0.1, 0.15) is 48.0 Å². The van der Waals surface area contributed by atoms with Gasteiger partial charge in [-0.2, -0.15) is 0 Å². The molecule has 32 heavy (non-hydrogen) atoms. The van der Waals surface area contributed by atoms with Crippen LogP contribution in [0, 0.1) is 11.7 Å². The lowest BCUT2D eigenvalue weighted by Gasteiger charge is -2.28. The fraction of sp³-hybridized carbons (Fsp3) is 0.385. The smallest absolute Gasteiger partial charge is 0.257 e. The van der Waals surface area contributed by atoms with Crippen molar-refractivity contribution < 1.29 is 13.7 Å². The molecule has 2 aromatic carbocycles. The van der Waals surface area contributed by atoms with Gasteiger partial charge < -0.3 is 14.3 Å². The van der Waals surface area contributed by atoms with Crippen LogP contribution in [0.3, 0.4) is 0 Å². The van der Waals surface area contributed by atoms with Crippen LogP contribution in [0.5, 0.6) is 0 Å². The predicted octanol–water partition coefficient (Wildman–Crippen LogP) is 5.52. The number of amides is 1. The molecule has 5 nitrogen and oxygen atoms in total. The minimum absolute atomic E-state index is 0.116. The fourth-order valence-electron chi connectivity index (χ4n) is 4.44. The largest absolute Gasteiger partial charge is 0.340 e. The van der Waals surface area contributed by atoms with Crippen LogP contribution < -0.4 is 4.90 Å².